The number of hydrogen-bond acceptors (Lipinski definition) is 0. The monoisotopic (exact) mass is 934 g/mol. The fourth-order valence-electron chi connectivity index (χ4n) is 9.41. The summed E-state index contributed by atoms with van der Waals surface area (Å²) in [5.41, 5.74) is 11.4. The fourth-order valence-corrected chi connectivity index (χ4v) is 9.41. The summed E-state index contributed by atoms with van der Waals surface area (Å²) < 4.78 is 0. The van der Waals surface area contributed by atoms with E-state index >= 15 is 0 Å². The summed E-state index contributed by atoms with van der Waals surface area (Å²) in [6.07, 6.45) is 25.5. The van der Waals surface area contributed by atoms with Crippen molar-refractivity contribution in [1.29, 1.82) is 0 Å². The first-order valence-electron chi connectivity index (χ1n) is 22.7. The van der Waals surface area contributed by atoms with Crippen molar-refractivity contribution in [3.63, 3.8) is 0 Å². The average Bonchev–Trinajstić information content (AvgIpc) is 3.63. The molecule has 2 aliphatic rings. The zero-order valence-corrected chi connectivity index (χ0v) is 42.6. The van der Waals surface area contributed by atoms with Gasteiger partial charge in [-0.15, -0.1) is 93.9 Å². The number of halogens is 2. The predicted octanol–water partition coefficient (Wildman–Crippen LogP) is 17.5. The molecular formula is C56H74Cl2SiZr-4. The van der Waals surface area contributed by atoms with Gasteiger partial charge in [0, 0.05) is 0 Å². The molecule has 0 unspecified atom stereocenters. The van der Waals surface area contributed by atoms with Gasteiger partial charge in [-0.2, -0.15) is 18.6 Å². The van der Waals surface area contributed by atoms with Gasteiger partial charge in [0.25, 0.3) is 0 Å². The molecule has 0 aliphatic heterocycles. The van der Waals surface area contributed by atoms with E-state index in [4.69, 9.17) is 0 Å². The molecule has 2 aliphatic carbocycles. The molecule has 0 spiro atoms. The van der Waals surface area contributed by atoms with Crippen molar-refractivity contribution in [3.05, 3.63) is 146 Å². The van der Waals surface area contributed by atoms with Gasteiger partial charge in [0.2, 0.25) is 0 Å². The third-order valence-corrected chi connectivity index (χ3v) is 12.2. The first kappa shape index (κ1) is 53.9. The van der Waals surface area contributed by atoms with Crippen LogP contribution in [-0.4, -0.2) is 6.88 Å². The maximum absolute atomic E-state index is 3.49. The number of aryl methyl sites for hydroxylation is 2. The number of hydrogen-bond donors (Lipinski definition) is 0. The normalized spacial score (nSPS) is 14.2. The summed E-state index contributed by atoms with van der Waals surface area (Å²) in [6.45, 7) is 13.1. The Kier molecular flexibility index (Phi) is 26.9. The van der Waals surface area contributed by atoms with E-state index in [0.29, 0.717) is 0 Å². The molecule has 6 aromatic rings. The standard InChI is InChI=1S/2C26H31.C3H7.CH3.2ClH.Si.Zr/c2*1-2-8-20-13-15-23(16-14-20)25-12-7-11-24-18-22(19-26(24)25)17-21-9-5-3-4-6-10-21;1-3-2;;;;;/h2*7,11-16,18-19,21H,2-6,8-10,17H2,1H3;1,3H2,2H3;1H3;2*1H;;/q4*-1;;;;. The summed E-state index contributed by atoms with van der Waals surface area (Å²) in [5, 5.41) is 5.67. The van der Waals surface area contributed by atoms with Gasteiger partial charge in [0.05, 0.1) is 0 Å². The van der Waals surface area contributed by atoms with E-state index in [2.05, 4.69) is 137 Å². The molecule has 2 radical (unpaired) electrons. The predicted molar refractivity (Wildman–Crippen MR) is 270 cm³/mol. The third-order valence-electron chi connectivity index (χ3n) is 12.2. The van der Waals surface area contributed by atoms with Crippen LogP contribution >= 0.6 is 24.8 Å². The molecule has 2 fully saturated rings. The Morgan fingerprint density at radius 3 is 1.18 bits per heavy atom. The van der Waals surface area contributed by atoms with Crippen LogP contribution in [0.3, 0.4) is 0 Å². The van der Waals surface area contributed by atoms with Crippen molar-refractivity contribution in [3.8, 4) is 22.3 Å². The minimum atomic E-state index is 0. The van der Waals surface area contributed by atoms with Crippen LogP contribution in [0.5, 0.6) is 0 Å². The molecule has 2 saturated carbocycles. The van der Waals surface area contributed by atoms with Crippen LogP contribution in [0.2, 0.25) is 0 Å². The molecule has 4 heteroatoms. The zero-order chi connectivity index (χ0) is 40.2. The molecule has 0 amide bonds. The van der Waals surface area contributed by atoms with E-state index in [0.717, 1.165) is 18.3 Å². The second-order valence-electron chi connectivity index (χ2n) is 16.9. The van der Waals surface area contributed by atoms with Crippen molar-refractivity contribution in [2.75, 3.05) is 0 Å². The molecule has 0 saturated heterocycles. The Bertz CT molecular complexity index is 1860. The second-order valence-corrected chi connectivity index (χ2v) is 16.9. The van der Waals surface area contributed by atoms with Crippen LogP contribution in [0.15, 0.2) is 109 Å². The van der Waals surface area contributed by atoms with Crippen molar-refractivity contribution < 1.29 is 23.3 Å². The molecule has 0 nitrogen and oxygen atoms in total. The van der Waals surface area contributed by atoms with Gasteiger partial charge in [0.15, 0.2) is 0 Å². The Balaban J connectivity index is 0.000000358. The SMILES string of the molecule is CCCc1ccc(-c2cccc3[cH-]c(CC4CCCCCC4)cc23)cc1.CCCc1ccc(-c2cccc3[cH-]c(CC4CCCCCC4)cc23)cc1.Cl.Cl.[CH2-]CC.[CH3-].[Si]=[Zr]. The topological polar surface area (TPSA) is 0 Å². The molecule has 60 heavy (non-hydrogen) atoms. The van der Waals surface area contributed by atoms with E-state index in [1.807, 2.05) is 6.92 Å². The Hall–Kier alpha value is -2.22. The molecule has 0 N–H and O–H groups in total. The Morgan fingerprint density at radius 2 is 0.867 bits per heavy atom. The second kappa shape index (κ2) is 30.0. The fraction of sp³-hybridized carbons (Fsp3) is 0.429. The van der Waals surface area contributed by atoms with E-state index in [-0.39, 0.29) is 32.2 Å². The van der Waals surface area contributed by atoms with Crippen LogP contribution < -0.4 is 0 Å². The first-order chi connectivity index (χ1) is 28.1. The van der Waals surface area contributed by atoms with E-state index < -0.39 is 0 Å². The quantitative estimate of drug-likeness (QED) is 0.0729. The Labute approximate surface area is 396 Å². The van der Waals surface area contributed by atoms with Crippen LogP contribution in [0.25, 0.3) is 43.8 Å². The maximum atomic E-state index is 3.49. The van der Waals surface area contributed by atoms with Gasteiger partial charge in [-0.05, 0) is 59.8 Å². The summed E-state index contributed by atoms with van der Waals surface area (Å²) in [7, 11) is 0. The molecule has 0 heterocycles. The van der Waals surface area contributed by atoms with E-state index in [1.165, 1.54) is 194 Å². The molecule has 0 bridgehead atoms. The van der Waals surface area contributed by atoms with Crippen molar-refractivity contribution in [2.45, 2.75) is 143 Å². The molecule has 0 aromatic heterocycles. The number of fused-ring (bicyclic) bond motifs is 2. The van der Waals surface area contributed by atoms with Gasteiger partial charge >= 0.3 is 30.2 Å². The molecular weight excluding hydrogens is 863 g/mol. The molecule has 324 valence electrons. The summed E-state index contributed by atoms with van der Waals surface area (Å²) >= 11 is 1.36. The van der Waals surface area contributed by atoms with Crippen LogP contribution in [0, 0.1) is 26.2 Å². The van der Waals surface area contributed by atoms with Crippen LogP contribution in [0.1, 0.15) is 139 Å². The van der Waals surface area contributed by atoms with Gasteiger partial charge < -0.3 is 14.4 Å². The molecule has 6 aromatic carbocycles. The van der Waals surface area contributed by atoms with Gasteiger partial charge in [-0.3, -0.25) is 0 Å². The third kappa shape index (κ3) is 16.2. The van der Waals surface area contributed by atoms with Gasteiger partial charge in [-0.25, -0.2) is 0 Å². The first-order valence-corrected chi connectivity index (χ1v) is 26.9. The average molecular weight is 937 g/mol. The molecule has 8 rings (SSSR count). The van der Waals surface area contributed by atoms with Crippen molar-refractivity contribution in [2.24, 2.45) is 11.8 Å². The van der Waals surface area contributed by atoms with Crippen molar-refractivity contribution >= 4 is 53.2 Å². The van der Waals surface area contributed by atoms with Crippen molar-refractivity contribution in [1.82, 2.24) is 0 Å². The van der Waals surface area contributed by atoms with Gasteiger partial charge in [0.1, 0.15) is 0 Å². The summed E-state index contributed by atoms with van der Waals surface area (Å²) in [5.74, 6) is 1.79. The number of benzene rings is 4. The van der Waals surface area contributed by atoms with Gasteiger partial charge in [-0.1, -0.05) is 182 Å². The summed E-state index contributed by atoms with van der Waals surface area (Å²) in [6, 6.07) is 41.8. The Morgan fingerprint density at radius 1 is 0.533 bits per heavy atom. The number of rotatable bonds is 10. The van der Waals surface area contributed by atoms with Crippen LogP contribution in [-0.2, 0) is 49.0 Å². The van der Waals surface area contributed by atoms with E-state index in [9.17, 15) is 0 Å². The zero-order valence-electron chi connectivity index (χ0n) is 37.5. The van der Waals surface area contributed by atoms with E-state index in [1.54, 1.807) is 11.1 Å². The summed E-state index contributed by atoms with van der Waals surface area (Å²) in [4.78, 5) is 0. The minimum absolute atomic E-state index is 0. The molecule has 0 atom stereocenters. The van der Waals surface area contributed by atoms with Crippen LogP contribution in [0.4, 0.5) is 0 Å².